The van der Waals surface area contributed by atoms with E-state index in [1.807, 2.05) is 0 Å². The first-order valence-electron chi connectivity index (χ1n) is 7.59. The zero-order valence-electron chi connectivity index (χ0n) is 15.2. The standard InChI is InChI=1S/C6HF13O3S.C6H15N/c7-1(8,3(11,12)5(15,16)17)2(9,10)4(13,14)6(18,19)23(20,21)22;1-4-7(5-2)6-3/h(H,20,21,22);4-6H2,1-3H3. The Balaban J connectivity index is 0. The van der Waals surface area contributed by atoms with Crippen LogP contribution in [0.1, 0.15) is 20.8 Å². The van der Waals surface area contributed by atoms with E-state index in [1.165, 1.54) is 19.6 Å². The number of rotatable bonds is 8. The van der Waals surface area contributed by atoms with Crippen LogP contribution in [0.2, 0.25) is 0 Å². The molecule has 4 nitrogen and oxygen atoms in total. The fourth-order valence-electron chi connectivity index (χ4n) is 1.66. The fourth-order valence-corrected chi connectivity index (χ4v) is 2.10. The summed E-state index contributed by atoms with van der Waals surface area (Å²) in [4.78, 5) is 1.68. The highest BCUT2D eigenvalue weighted by atomic mass is 32.2. The second kappa shape index (κ2) is 9.22. The van der Waals surface area contributed by atoms with Crippen LogP contribution in [0.25, 0.3) is 0 Å². The molecule has 184 valence electrons. The van der Waals surface area contributed by atoms with Gasteiger partial charge in [-0.05, 0) is 20.8 Å². The second-order valence-corrected chi connectivity index (χ2v) is 7.00. The molecule has 0 bridgehead atoms. The van der Waals surface area contributed by atoms with E-state index in [9.17, 15) is 70.0 Å². The van der Waals surface area contributed by atoms with Gasteiger partial charge in [0.15, 0.2) is 10.1 Å². The average Bonchev–Trinajstić information content (AvgIpc) is 2.54. The van der Waals surface area contributed by atoms with Crippen molar-refractivity contribution < 1.29 is 74.9 Å². The third-order valence-electron chi connectivity index (χ3n) is 3.72. The number of hydrogen-bond acceptors (Lipinski definition) is 3. The van der Waals surface area contributed by atoms with Crippen LogP contribution in [0.15, 0.2) is 0 Å². The van der Waals surface area contributed by atoms with Crippen molar-refractivity contribution in [1.29, 1.82) is 0 Å². The monoisotopic (exact) mass is 501 g/mol. The minimum Gasteiger partial charge on any atom is -0.743 e. The van der Waals surface area contributed by atoms with E-state index in [2.05, 4.69) is 20.8 Å². The van der Waals surface area contributed by atoms with Gasteiger partial charge in [0.2, 0.25) is 0 Å². The molecule has 18 heteroatoms. The zero-order chi connectivity index (χ0) is 25.2. The van der Waals surface area contributed by atoms with Crippen LogP contribution in [0.3, 0.4) is 0 Å². The molecule has 0 radical (unpaired) electrons. The van der Waals surface area contributed by atoms with E-state index in [1.54, 1.807) is 4.90 Å². The van der Waals surface area contributed by atoms with Gasteiger partial charge in [0.05, 0.1) is 19.6 Å². The van der Waals surface area contributed by atoms with Gasteiger partial charge >= 0.3 is 35.1 Å². The Labute approximate surface area is 161 Å². The molecule has 0 rings (SSSR count). The minimum absolute atomic E-state index is 1.27. The number of quaternary nitrogens is 1. The number of alkyl halides is 13. The molecule has 0 aliphatic heterocycles. The fraction of sp³-hybridized carbons (Fsp3) is 1.00. The molecule has 0 saturated heterocycles. The van der Waals surface area contributed by atoms with Gasteiger partial charge in [-0.1, -0.05) is 0 Å². The molecule has 0 heterocycles. The summed E-state index contributed by atoms with van der Waals surface area (Å²) in [5.41, 5.74) is 0. The van der Waals surface area contributed by atoms with Crippen LogP contribution in [0, 0.1) is 0 Å². The van der Waals surface area contributed by atoms with Crippen molar-refractivity contribution in [1.82, 2.24) is 0 Å². The molecule has 1 N–H and O–H groups in total. The quantitative estimate of drug-likeness (QED) is 0.411. The Morgan fingerprint density at radius 1 is 0.600 bits per heavy atom. The first-order valence-corrected chi connectivity index (χ1v) is 9.00. The SMILES string of the molecule is CC[NH+](CC)CC.O=S(=O)([O-])C(F)(F)C(F)(F)C(F)(F)C(F)(F)C(F)(F)C(F)(F)F. The Hall–Kier alpha value is -1.04. The van der Waals surface area contributed by atoms with Gasteiger partial charge in [0.25, 0.3) is 0 Å². The topological polar surface area (TPSA) is 61.6 Å². The molecule has 0 aromatic heterocycles. The Morgan fingerprint density at radius 3 is 1.03 bits per heavy atom. The molecule has 0 unspecified atom stereocenters. The lowest BCUT2D eigenvalue weighted by atomic mass is 9.98. The number of hydrogen-bond donors (Lipinski definition) is 1. The molecular weight excluding hydrogens is 485 g/mol. The van der Waals surface area contributed by atoms with E-state index in [4.69, 9.17) is 0 Å². The number of halogens is 13. The summed E-state index contributed by atoms with van der Waals surface area (Å²) < 4.78 is 189. The molecule has 0 saturated carbocycles. The summed E-state index contributed by atoms with van der Waals surface area (Å²) in [7, 11) is -7.86. The summed E-state index contributed by atoms with van der Waals surface area (Å²) >= 11 is 0. The van der Waals surface area contributed by atoms with Crippen molar-refractivity contribution in [2.45, 2.75) is 55.9 Å². The molecule has 0 aliphatic rings. The smallest absolute Gasteiger partial charge is 0.460 e. The van der Waals surface area contributed by atoms with Crippen LogP contribution in [0.5, 0.6) is 0 Å². The van der Waals surface area contributed by atoms with Gasteiger partial charge in [0, 0.05) is 0 Å². The van der Waals surface area contributed by atoms with E-state index in [0.29, 0.717) is 0 Å². The molecular formula is C12H16F13NO3S. The Morgan fingerprint density at radius 2 is 0.867 bits per heavy atom. The lowest BCUT2D eigenvalue weighted by Crippen LogP contribution is -3.11. The average molecular weight is 501 g/mol. The first-order chi connectivity index (χ1) is 12.8. The van der Waals surface area contributed by atoms with Crippen LogP contribution in [0.4, 0.5) is 57.1 Å². The zero-order valence-corrected chi connectivity index (χ0v) is 16.0. The highest BCUT2D eigenvalue weighted by Crippen LogP contribution is 2.60. The second-order valence-electron chi connectivity index (χ2n) is 5.58. The maximum Gasteiger partial charge on any atom is 0.460 e. The maximum atomic E-state index is 12.7. The van der Waals surface area contributed by atoms with Gasteiger partial charge < -0.3 is 9.45 Å². The molecule has 0 aromatic carbocycles. The highest BCUT2D eigenvalue weighted by Gasteiger charge is 2.91. The van der Waals surface area contributed by atoms with E-state index < -0.39 is 45.2 Å². The van der Waals surface area contributed by atoms with E-state index in [-0.39, 0.29) is 0 Å². The van der Waals surface area contributed by atoms with Crippen LogP contribution >= 0.6 is 0 Å². The molecule has 0 atom stereocenters. The molecule has 0 amide bonds. The first kappa shape index (κ1) is 31.1. The van der Waals surface area contributed by atoms with Crippen molar-refractivity contribution in [2.75, 3.05) is 19.6 Å². The molecule has 0 spiro atoms. The minimum atomic E-state index is -8.29. The maximum absolute atomic E-state index is 12.7. The molecule has 0 aromatic rings. The van der Waals surface area contributed by atoms with Crippen molar-refractivity contribution in [3.63, 3.8) is 0 Å². The lowest BCUT2D eigenvalue weighted by Gasteiger charge is -2.39. The highest BCUT2D eigenvalue weighted by molar-refractivity contribution is 7.86. The Bertz CT molecular complexity index is 651. The van der Waals surface area contributed by atoms with Crippen molar-refractivity contribution in [2.24, 2.45) is 0 Å². The van der Waals surface area contributed by atoms with Crippen LogP contribution in [-0.4, -0.2) is 67.7 Å². The predicted molar refractivity (Wildman–Crippen MR) is 73.1 cm³/mol. The van der Waals surface area contributed by atoms with Gasteiger partial charge in [-0.15, -0.1) is 0 Å². The van der Waals surface area contributed by atoms with E-state index in [0.717, 1.165) is 0 Å². The third-order valence-corrected chi connectivity index (χ3v) is 4.60. The lowest BCUT2D eigenvalue weighted by molar-refractivity contribution is -0.894. The summed E-state index contributed by atoms with van der Waals surface area (Å²) in [6.07, 6.45) is -7.61. The van der Waals surface area contributed by atoms with Crippen molar-refractivity contribution in [3.05, 3.63) is 0 Å². The molecule has 0 fully saturated rings. The molecule has 30 heavy (non-hydrogen) atoms. The van der Waals surface area contributed by atoms with Gasteiger partial charge in [-0.25, -0.2) is 8.42 Å². The summed E-state index contributed by atoms with van der Waals surface area (Å²) in [6.45, 7) is 10.5. The summed E-state index contributed by atoms with van der Waals surface area (Å²) in [5, 5.41) is -7.63. The van der Waals surface area contributed by atoms with Gasteiger partial charge in [0.1, 0.15) is 0 Å². The van der Waals surface area contributed by atoms with Crippen LogP contribution < -0.4 is 4.90 Å². The van der Waals surface area contributed by atoms with Crippen molar-refractivity contribution in [3.8, 4) is 0 Å². The third kappa shape index (κ3) is 5.23. The normalized spacial score (nSPS) is 15.1. The van der Waals surface area contributed by atoms with E-state index >= 15 is 0 Å². The summed E-state index contributed by atoms with van der Waals surface area (Å²) in [6, 6.07) is 0. The van der Waals surface area contributed by atoms with Gasteiger partial charge in [-0.3, -0.25) is 0 Å². The largest absolute Gasteiger partial charge is 0.743 e. The van der Waals surface area contributed by atoms with Crippen LogP contribution in [-0.2, 0) is 10.1 Å². The number of nitrogens with one attached hydrogen (secondary N) is 1. The molecule has 0 aliphatic carbocycles. The Kier molecular flexibility index (Phi) is 9.57. The van der Waals surface area contributed by atoms with Gasteiger partial charge in [-0.2, -0.15) is 57.1 Å². The predicted octanol–water partition coefficient (Wildman–Crippen LogP) is 3.16. The summed E-state index contributed by atoms with van der Waals surface area (Å²) in [5.74, 6) is -32.6. The van der Waals surface area contributed by atoms with Crippen molar-refractivity contribution >= 4 is 10.1 Å².